The van der Waals surface area contributed by atoms with Gasteiger partial charge in [0.1, 0.15) is 5.75 Å². The Morgan fingerprint density at radius 1 is 0.957 bits per heavy atom. The molecule has 0 radical (unpaired) electrons. The summed E-state index contributed by atoms with van der Waals surface area (Å²) in [4.78, 5) is 0. The Labute approximate surface area is 140 Å². The summed E-state index contributed by atoms with van der Waals surface area (Å²) in [5.41, 5.74) is 1.69. The van der Waals surface area contributed by atoms with Crippen molar-refractivity contribution in [1.29, 1.82) is 0 Å². The first kappa shape index (κ1) is 15.3. The fourth-order valence-electron chi connectivity index (χ4n) is 5.71. The number of nitrogens with one attached hydrogen (secondary N) is 2. The molecule has 0 atom stereocenters. The second-order valence-corrected chi connectivity index (χ2v) is 8.13. The summed E-state index contributed by atoms with van der Waals surface area (Å²) in [5.74, 6) is 4.02. The molecule has 0 heterocycles. The molecule has 3 heteroatoms. The first-order valence-electron chi connectivity index (χ1n) is 9.38. The number of rotatable bonds is 7. The molecule has 126 valence electrons. The molecule has 0 spiro atoms. The Bertz CT molecular complexity index is 490. The first-order chi connectivity index (χ1) is 11.2. The molecular weight excluding hydrogens is 284 g/mol. The molecule has 23 heavy (non-hydrogen) atoms. The van der Waals surface area contributed by atoms with Crippen molar-refractivity contribution in [2.45, 2.75) is 50.5 Å². The summed E-state index contributed by atoms with van der Waals surface area (Å²) >= 11 is 0. The van der Waals surface area contributed by atoms with Crippen LogP contribution >= 0.6 is 0 Å². The van der Waals surface area contributed by atoms with Gasteiger partial charge < -0.3 is 15.4 Å². The number of methoxy groups -OCH3 is 1. The predicted molar refractivity (Wildman–Crippen MR) is 95.0 cm³/mol. The Morgan fingerprint density at radius 2 is 1.57 bits per heavy atom. The highest BCUT2D eigenvalue weighted by Gasteiger charge is 2.50. The number of hydrogen-bond acceptors (Lipinski definition) is 3. The molecule has 0 saturated heterocycles. The molecule has 0 aromatic heterocycles. The van der Waals surface area contributed by atoms with E-state index < -0.39 is 0 Å². The SMILES string of the molecule is COc1ccc(NCCCNC23CC4CC(CC(C4)C2)C3)cc1. The quantitative estimate of drug-likeness (QED) is 0.745. The summed E-state index contributed by atoms with van der Waals surface area (Å²) in [6.07, 6.45) is 10.1. The lowest BCUT2D eigenvalue weighted by Crippen LogP contribution is -2.58. The largest absolute Gasteiger partial charge is 0.497 e. The second-order valence-electron chi connectivity index (χ2n) is 8.13. The number of benzene rings is 1. The summed E-state index contributed by atoms with van der Waals surface area (Å²) in [6.45, 7) is 2.18. The van der Waals surface area contributed by atoms with E-state index in [2.05, 4.69) is 22.8 Å². The van der Waals surface area contributed by atoms with Gasteiger partial charge in [-0.15, -0.1) is 0 Å². The molecule has 0 unspecified atom stereocenters. The molecule has 0 amide bonds. The Balaban J connectivity index is 1.20. The van der Waals surface area contributed by atoms with Crippen LogP contribution in [-0.4, -0.2) is 25.7 Å². The molecule has 1 aromatic carbocycles. The highest BCUT2D eigenvalue weighted by molar-refractivity contribution is 5.46. The molecular formula is C20H30N2O. The number of anilines is 1. The minimum absolute atomic E-state index is 0.509. The van der Waals surface area contributed by atoms with Crippen molar-refractivity contribution in [2.24, 2.45) is 17.8 Å². The van der Waals surface area contributed by atoms with Crippen LogP contribution in [0.2, 0.25) is 0 Å². The average molecular weight is 314 g/mol. The molecule has 4 fully saturated rings. The third kappa shape index (κ3) is 3.35. The van der Waals surface area contributed by atoms with Gasteiger partial charge in [-0.3, -0.25) is 0 Å². The highest BCUT2D eigenvalue weighted by Crippen LogP contribution is 2.55. The van der Waals surface area contributed by atoms with Crippen LogP contribution in [0.3, 0.4) is 0 Å². The van der Waals surface area contributed by atoms with Crippen molar-refractivity contribution in [3.63, 3.8) is 0 Å². The molecule has 1 aromatic rings. The van der Waals surface area contributed by atoms with Gasteiger partial charge in [-0.2, -0.15) is 0 Å². The van der Waals surface area contributed by atoms with E-state index >= 15 is 0 Å². The van der Waals surface area contributed by atoms with Crippen LogP contribution in [0.1, 0.15) is 44.9 Å². The third-order valence-corrected chi connectivity index (χ3v) is 6.31. The van der Waals surface area contributed by atoms with Gasteiger partial charge in [0.05, 0.1) is 7.11 Å². The highest BCUT2D eigenvalue weighted by atomic mass is 16.5. The smallest absolute Gasteiger partial charge is 0.119 e. The maximum atomic E-state index is 5.19. The van der Waals surface area contributed by atoms with Crippen LogP contribution in [0.25, 0.3) is 0 Å². The van der Waals surface area contributed by atoms with Gasteiger partial charge in [0.15, 0.2) is 0 Å². The van der Waals surface area contributed by atoms with Gasteiger partial charge in [-0.25, -0.2) is 0 Å². The summed E-state index contributed by atoms with van der Waals surface area (Å²) in [7, 11) is 1.71. The van der Waals surface area contributed by atoms with E-state index in [1.165, 1.54) is 50.6 Å². The zero-order valence-corrected chi connectivity index (χ0v) is 14.3. The third-order valence-electron chi connectivity index (χ3n) is 6.31. The lowest BCUT2D eigenvalue weighted by Gasteiger charge is -2.57. The van der Waals surface area contributed by atoms with Crippen LogP contribution < -0.4 is 15.4 Å². The number of hydrogen-bond donors (Lipinski definition) is 2. The van der Waals surface area contributed by atoms with Crippen LogP contribution in [0.5, 0.6) is 5.75 Å². The fourth-order valence-corrected chi connectivity index (χ4v) is 5.71. The normalized spacial score (nSPS) is 34.6. The van der Waals surface area contributed by atoms with Crippen molar-refractivity contribution in [2.75, 3.05) is 25.5 Å². The first-order valence-corrected chi connectivity index (χ1v) is 9.38. The zero-order chi connectivity index (χ0) is 15.7. The molecule has 2 N–H and O–H groups in total. The molecule has 0 aliphatic heterocycles. The topological polar surface area (TPSA) is 33.3 Å². The van der Waals surface area contributed by atoms with Crippen molar-refractivity contribution in [1.82, 2.24) is 5.32 Å². The second kappa shape index (κ2) is 6.35. The molecule has 5 rings (SSSR count). The van der Waals surface area contributed by atoms with E-state index in [-0.39, 0.29) is 0 Å². The Morgan fingerprint density at radius 3 is 2.13 bits per heavy atom. The molecule has 4 saturated carbocycles. The summed E-state index contributed by atoms with van der Waals surface area (Å²) < 4.78 is 5.19. The average Bonchev–Trinajstić information content (AvgIpc) is 2.54. The summed E-state index contributed by atoms with van der Waals surface area (Å²) in [6, 6.07) is 8.20. The van der Waals surface area contributed by atoms with E-state index in [9.17, 15) is 0 Å². The monoisotopic (exact) mass is 314 g/mol. The van der Waals surface area contributed by atoms with E-state index in [1.54, 1.807) is 7.11 Å². The maximum absolute atomic E-state index is 5.19. The van der Waals surface area contributed by atoms with Crippen molar-refractivity contribution in [3.05, 3.63) is 24.3 Å². The van der Waals surface area contributed by atoms with Crippen molar-refractivity contribution < 1.29 is 4.74 Å². The Kier molecular flexibility index (Phi) is 4.23. The van der Waals surface area contributed by atoms with Crippen LogP contribution in [0.4, 0.5) is 5.69 Å². The van der Waals surface area contributed by atoms with E-state index in [0.717, 1.165) is 36.6 Å². The summed E-state index contributed by atoms with van der Waals surface area (Å²) in [5, 5.41) is 7.48. The van der Waals surface area contributed by atoms with Crippen LogP contribution in [0, 0.1) is 17.8 Å². The lowest BCUT2D eigenvalue weighted by molar-refractivity contribution is -0.0194. The Hall–Kier alpha value is -1.22. The van der Waals surface area contributed by atoms with Gasteiger partial charge in [0, 0.05) is 17.8 Å². The minimum atomic E-state index is 0.509. The lowest BCUT2D eigenvalue weighted by atomic mass is 9.53. The molecule has 4 bridgehead atoms. The van der Waals surface area contributed by atoms with Crippen LogP contribution in [-0.2, 0) is 0 Å². The van der Waals surface area contributed by atoms with Gasteiger partial charge in [-0.05, 0) is 93.5 Å². The maximum Gasteiger partial charge on any atom is 0.119 e. The van der Waals surface area contributed by atoms with Gasteiger partial charge in [0.2, 0.25) is 0 Å². The van der Waals surface area contributed by atoms with E-state index in [0.29, 0.717) is 5.54 Å². The number of ether oxygens (including phenoxy) is 1. The van der Waals surface area contributed by atoms with Gasteiger partial charge in [0.25, 0.3) is 0 Å². The predicted octanol–water partition coefficient (Wildman–Crippen LogP) is 4.06. The van der Waals surface area contributed by atoms with Gasteiger partial charge in [-0.1, -0.05) is 0 Å². The standard InChI is InChI=1S/C20H30N2O/c1-23-19-5-3-18(4-6-19)21-7-2-8-22-20-12-15-9-16(13-20)11-17(10-15)14-20/h3-6,15-17,21-22H,2,7-14H2,1H3. The molecule has 4 aliphatic rings. The zero-order valence-electron chi connectivity index (χ0n) is 14.3. The van der Waals surface area contributed by atoms with Gasteiger partial charge >= 0.3 is 0 Å². The van der Waals surface area contributed by atoms with Crippen molar-refractivity contribution >= 4 is 5.69 Å². The van der Waals surface area contributed by atoms with E-state index in [4.69, 9.17) is 4.74 Å². The minimum Gasteiger partial charge on any atom is -0.497 e. The van der Waals surface area contributed by atoms with Crippen molar-refractivity contribution in [3.8, 4) is 5.75 Å². The molecule has 3 nitrogen and oxygen atoms in total. The van der Waals surface area contributed by atoms with E-state index in [1.807, 2.05) is 12.1 Å². The van der Waals surface area contributed by atoms with Crippen LogP contribution in [0.15, 0.2) is 24.3 Å². The molecule has 4 aliphatic carbocycles. The fraction of sp³-hybridized carbons (Fsp3) is 0.700.